The van der Waals surface area contributed by atoms with E-state index >= 15 is 0 Å². The van der Waals surface area contributed by atoms with E-state index in [1.807, 2.05) is 6.20 Å². The summed E-state index contributed by atoms with van der Waals surface area (Å²) in [7, 11) is 1.73. The Morgan fingerprint density at radius 3 is 2.75 bits per heavy atom. The molecular weight excluding hydrogens is 248 g/mol. The largest absolute Gasteiger partial charge is 0.497 e. The zero-order chi connectivity index (χ0) is 13.5. The molecule has 0 radical (unpaired) electrons. The minimum absolute atomic E-state index is 0.950. The molecule has 0 fully saturated rings. The van der Waals surface area contributed by atoms with Gasteiger partial charge in [-0.3, -0.25) is 0 Å². The van der Waals surface area contributed by atoms with Crippen LogP contribution in [0.5, 0.6) is 5.75 Å². The summed E-state index contributed by atoms with van der Waals surface area (Å²) >= 11 is 0. The molecule has 0 spiro atoms. The van der Waals surface area contributed by atoms with Crippen molar-refractivity contribution in [1.82, 2.24) is 9.97 Å². The minimum atomic E-state index is 0.950. The monoisotopic (exact) mass is 264 g/mol. The van der Waals surface area contributed by atoms with Gasteiger partial charge in [-0.2, -0.15) is 0 Å². The summed E-state index contributed by atoms with van der Waals surface area (Å²) in [4.78, 5) is 8.67. The predicted molar refractivity (Wildman–Crippen MR) is 78.5 cm³/mol. The van der Waals surface area contributed by atoms with Crippen LogP contribution in [-0.4, -0.2) is 17.1 Å². The summed E-state index contributed by atoms with van der Waals surface area (Å²) < 4.78 is 5.34. The lowest BCUT2D eigenvalue weighted by molar-refractivity contribution is 0.414. The fourth-order valence-electron chi connectivity index (χ4n) is 3.39. The summed E-state index contributed by atoms with van der Waals surface area (Å²) in [5.74, 6) is 0.950. The first-order valence-electron chi connectivity index (χ1n) is 7.05. The number of allylic oxidation sites excluding steroid dienone is 2. The van der Waals surface area contributed by atoms with Crippen LogP contribution in [0.15, 0.2) is 30.7 Å². The number of methoxy groups -OCH3 is 1. The maximum absolute atomic E-state index is 5.34. The second-order valence-electron chi connectivity index (χ2n) is 5.38. The molecule has 1 aromatic carbocycles. The lowest BCUT2D eigenvalue weighted by Crippen LogP contribution is -2.13. The molecule has 4 rings (SSSR count). The van der Waals surface area contributed by atoms with Gasteiger partial charge in [0.05, 0.1) is 12.8 Å². The highest BCUT2D eigenvalue weighted by Crippen LogP contribution is 2.43. The molecular formula is C17H16N2O. The van der Waals surface area contributed by atoms with E-state index in [0.717, 1.165) is 31.4 Å². The number of aromatic nitrogens is 2. The van der Waals surface area contributed by atoms with Gasteiger partial charge in [0.2, 0.25) is 0 Å². The summed E-state index contributed by atoms with van der Waals surface area (Å²) in [5.41, 5.74) is 8.15. The Bertz CT molecular complexity index is 719. The first kappa shape index (κ1) is 11.6. The van der Waals surface area contributed by atoms with E-state index < -0.39 is 0 Å². The molecule has 3 heteroatoms. The van der Waals surface area contributed by atoms with E-state index in [0.29, 0.717) is 0 Å². The van der Waals surface area contributed by atoms with Gasteiger partial charge in [0.1, 0.15) is 12.1 Å². The van der Waals surface area contributed by atoms with E-state index in [1.54, 1.807) is 13.4 Å². The Labute approximate surface area is 118 Å². The van der Waals surface area contributed by atoms with E-state index in [2.05, 4.69) is 28.2 Å². The molecule has 0 saturated carbocycles. The molecule has 0 saturated heterocycles. The highest BCUT2D eigenvalue weighted by atomic mass is 16.5. The standard InChI is InChI=1S/C17H16N2O/c1-20-13-4-7-14-11(8-13)2-6-16-15(14)5-3-12-9-18-10-19-17(12)16/h4,7-10H,2-3,5-6H2,1H3. The number of benzene rings is 1. The maximum atomic E-state index is 5.34. The molecule has 2 aliphatic rings. The number of hydrogen-bond donors (Lipinski definition) is 0. The van der Waals surface area contributed by atoms with E-state index in [-0.39, 0.29) is 0 Å². The molecule has 0 amide bonds. The van der Waals surface area contributed by atoms with Gasteiger partial charge in [-0.25, -0.2) is 9.97 Å². The molecule has 2 aromatic rings. The Balaban J connectivity index is 1.89. The summed E-state index contributed by atoms with van der Waals surface area (Å²) in [6.07, 6.45) is 7.90. The van der Waals surface area contributed by atoms with Gasteiger partial charge in [0.25, 0.3) is 0 Å². The van der Waals surface area contributed by atoms with Crippen molar-refractivity contribution in [3.05, 3.63) is 53.1 Å². The lowest BCUT2D eigenvalue weighted by Gasteiger charge is -2.28. The molecule has 1 aromatic heterocycles. The van der Waals surface area contributed by atoms with Gasteiger partial charge in [-0.05, 0) is 65.7 Å². The highest BCUT2D eigenvalue weighted by molar-refractivity contribution is 5.94. The summed E-state index contributed by atoms with van der Waals surface area (Å²) in [6.45, 7) is 0. The topological polar surface area (TPSA) is 35.0 Å². The molecule has 0 unspecified atom stereocenters. The van der Waals surface area contributed by atoms with E-state index in [4.69, 9.17) is 4.74 Å². The van der Waals surface area contributed by atoms with Crippen molar-refractivity contribution >= 4 is 11.1 Å². The van der Waals surface area contributed by atoms with Crippen molar-refractivity contribution in [3.8, 4) is 5.75 Å². The molecule has 2 aliphatic carbocycles. The van der Waals surface area contributed by atoms with Crippen LogP contribution in [0.2, 0.25) is 0 Å². The predicted octanol–water partition coefficient (Wildman–Crippen LogP) is 3.29. The smallest absolute Gasteiger partial charge is 0.119 e. The van der Waals surface area contributed by atoms with Gasteiger partial charge < -0.3 is 4.74 Å². The molecule has 0 N–H and O–H groups in total. The fraction of sp³-hybridized carbons (Fsp3) is 0.294. The van der Waals surface area contributed by atoms with Gasteiger partial charge in [0.15, 0.2) is 0 Å². The SMILES string of the molecule is COc1ccc2c(c1)CCC1=C2CCc2cncnc21. The van der Waals surface area contributed by atoms with Crippen molar-refractivity contribution in [3.63, 3.8) is 0 Å². The zero-order valence-electron chi connectivity index (χ0n) is 11.5. The number of hydrogen-bond acceptors (Lipinski definition) is 3. The van der Waals surface area contributed by atoms with Crippen molar-refractivity contribution in [1.29, 1.82) is 0 Å². The second-order valence-corrected chi connectivity index (χ2v) is 5.38. The second kappa shape index (κ2) is 4.44. The third-order valence-corrected chi connectivity index (χ3v) is 4.36. The van der Waals surface area contributed by atoms with Gasteiger partial charge in [0, 0.05) is 6.20 Å². The van der Waals surface area contributed by atoms with Crippen LogP contribution in [0, 0.1) is 0 Å². The first-order valence-corrected chi connectivity index (χ1v) is 7.05. The number of fused-ring (bicyclic) bond motifs is 4. The molecule has 0 atom stereocenters. The Morgan fingerprint density at radius 1 is 1.00 bits per heavy atom. The van der Waals surface area contributed by atoms with Crippen LogP contribution in [0.25, 0.3) is 11.1 Å². The normalized spacial score (nSPS) is 16.2. The van der Waals surface area contributed by atoms with E-state index in [9.17, 15) is 0 Å². The minimum Gasteiger partial charge on any atom is -0.497 e. The van der Waals surface area contributed by atoms with Gasteiger partial charge in [-0.1, -0.05) is 6.07 Å². The maximum Gasteiger partial charge on any atom is 0.119 e. The third kappa shape index (κ3) is 1.66. The quantitative estimate of drug-likeness (QED) is 0.792. The van der Waals surface area contributed by atoms with Crippen molar-refractivity contribution in [2.75, 3.05) is 7.11 Å². The Morgan fingerprint density at radius 2 is 1.85 bits per heavy atom. The number of ether oxygens (including phenoxy) is 1. The zero-order valence-corrected chi connectivity index (χ0v) is 11.5. The number of aryl methyl sites for hydroxylation is 2. The molecule has 3 nitrogen and oxygen atoms in total. The lowest BCUT2D eigenvalue weighted by atomic mass is 9.78. The van der Waals surface area contributed by atoms with Crippen molar-refractivity contribution in [2.24, 2.45) is 0 Å². The van der Waals surface area contributed by atoms with Crippen LogP contribution in [-0.2, 0) is 12.8 Å². The van der Waals surface area contributed by atoms with Crippen LogP contribution >= 0.6 is 0 Å². The van der Waals surface area contributed by atoms with Crippen LogP contribution in [0.3, 0.4) is 0 Å². The fourth-order valence-corrected chi connectivity index (χ4v) is 3.39. The average molecular weight is 264 g/mol. The highest BCUT2D eigenvalue weighted by Gasteiger charge is 2.26. The molecule has 1 heterocycles. The number of nitrogens with zero attached hydrogens (tertiary/aromatic N) is 2. The average Bonchev–Trinajstić information content (AvgIpc) is 2.53. The molecule has 100 valence electrons. The summed E-state index contributed by atoms with van der Waals surface area (Å²) in [6, 6.07) is 6.44. The van der Waals surface area contributed by atoms with Crippen LogP contribution in [0.1, 0.15) is 35.2 Å². The van der Waals surface area contributed by atoms with Crippen molar-refractivity contribution in [2.45, 2.75) is 25.7 Å². The Hall–Kier alpha value is -2.16. The van der Waals surface area contributed by atoms with E-state index in [1.165, 1.54) is 33.5 Å². The first-order chi connectivity index (χ1) is 9.86. The van der Waals surface area contributed by atoms with Crippen molar-refractivity contribution < 1.29 is 4.74 Å². The van der Waals surface area contributed by atoms with Crippen LogP contribution < -0.4 is 4.74 Å². The van der Waals surface area contributed by atoms with Crippen LogP contribution in [0.4, 0.5) is 0 Å². The van der Waals surface area contributed by atoms with Gasteiger partial charge in [-0.15, -0.1) is 0 Å². The molecule has 0 aliphatic heterocycles. The van der Waals surface area contributed by atoms with Gasteiger partial charge >= 0.3 is 0 Å². The molecule has 0 bridgehead atoms. The Kier molecular flexibility index (Phi) is 2.59. The third-order valence-electron chi connectivity index (χ3n) is 4.36. The molecule has 20 heavy (non-hydrogen) atoms. The number of rotatable bonds is 1. The summed E-state index contributed by atoms with van der Waals surface area (Å²) in [5, 5.41) is 0.